The normalized spacial score (nSPS) is 24.7. The first-order valence-corrected chi connectivity index (χ1v) is 11.4. The van der Waals surface area contributed by atoms with E-state index in [4.69, 9.17) is 21.1 Å². The standard InChI is InChI=1S/C25H27ClN2O6/c1-2-33-21-10-9-19(27-28-21)15-5-3-14(4-6-15)11-17-12-16(7-8-18(17)26)25-24(32)23(31)22(30)20(13-29)34-25/h3-10,12,20,22-25,29-32H,2,11,13H2,1H3/t20-,22-,23+,24-,25+/m1/s1. The van der Waals surface area contributed by atoms with Crippen molar-refractivity contribution in [2.45, 2.75) is 43.9 Å². The molecule has 1 fully saturated rings. The maximum absolute atomic E-state index is 10.4. The highest BCUT2D eigenvalue weighted by atomic mass is 35.5. The van der Waals surface area contributed by atoms with Gasteiger partial charge >= 0.3 is 0 Å². The SMILES string of the molecule is CCOc1ccc(-c2ccc(Cc3cc([C@@H]4O[C@H](CO)[C@@H](O)[C@H](O)[C@H]4O)ccc3Cl)cc2)nn1. The van der Waals surface area contributed by atoms with Crippen molar-refractivity contribution >= 4 is 11.6 Å². The van der Waals surface area contributed by atoms with E-state index in [9.17, 15) is 20.4 Å². The Morgan fingerprint density at radius 1 is 0.941 bits per heavy atom. The average molecular weight is 487 g/mol. The molecule has 9 heteroatoms. The van der Waals surface area contributed by atoms with Crippen molar-refractivity contribution in [1.29, 1.82) is 0 Å². The molecule has 4 rings (SSSR count). The summed E-state index contributed by atoms with van der Waals surface area (Å²) in [5.41, 5.74) is 4.07. The molecule has 2 aromatic carbocycles. The fraction of sp³-hybridized carbons (Fsp3) is 0.360. The molecular weight excluding hydrogens is 460 g/mol. The number of halogens is 1. The van der Waals surface area contributed by atoms with Crippen LogP contribution in [0.4, 0.5) is 0 Å². The van der Waals surface area contributed by atoms with E-state index < -0.39 is 37.1 Å². The van der Waals surface area contributed by atoms with Crippen LogP contribution in [-0.2, 0) is 11.2 Å². The second-order valence-electron chi connectivity index (χ2n) is 8.16. The fourth-order valence-corrected chi connectivity index (χ4v) is 4.18. The van der Waals surface area contributed by atoms with Gasteiger partial charge in [-0.2, -0.15) is 0 Å². The second-order valence-corrected chi connectivity index (χ2v) is 8.57. The van der Waals surface area contributed by atoms with Gasteiger partial charge in [0.15, 0.2) is 0 Å². The minimum atomic E-state index is -1.44. The van der Waals surface area contributed by atoms with Crippen molar-refractivity contribution in [3.63, 3.8) is 0 Å². The molecule has 180 valence electrons. The lowest BCUT2D eigenvalue weighted by Crippen LogP contribution is -2.55. The van der Waals surface area contributed by atoms with Gasteiger partial charge in [0.25, 0.3) is 0 Å². The van der Waals surface area contributed by atoms with Gasteiger partial charge in [0.2, 0.25) is 5.88 Å². The first kappa shape index (κ1) is 24.5. The van der Waals surface area contributed by atoms with Gasteiger partial charge in [-0.15, -0.1) is 10.2 Å². The molecule has 0 aliphatic carbocycles. The highest BCUT2D eigenvalue weighted by Gasteiger charge is 2.44. The van der Waals surface area contributed by atoms with Crippen LogP contribution in [0.2, 0.25) is 5.02 Å². The third-order valence-electron chi connectivity index (χ3n) is 5.87. The quantitative estimate of drug-likeness (QED) is 0.401. The number of aromatic nitrogens is 2. The van der Waals surface area contributed by atoms with Gasteiger partial charge in [-0.25, -0.2) is 0 Å². The predicted octanol–water partition coefficient (Wildman–Crippen LogP) is 2.30. The van der Waals surface area contributed by atoms with Crippen molar-refractivity contribution < 1.29 is 29.9 Å². The van der Waals surface area contributed by atoms with Gasteiger partial charge in [-0.1, -0.05) is 48.0 Å². The molecule has 3 aromatic rings. The van der Waals surface area contributed by atoms with Crippen molar-refractivity contribution in [2.75, 3.05) is 13.2 Å². The smallest absolute Gasteiger partial charge is 0.233 e. The Balaban J connectivity index is 1.51. The Bertz CT molecular complexity index is 1090. The van der Waals surface area contributed by atoms with E-state index in [0.29, 0.717) is 29.5 Å². The zero-order chi connectivity index (χ0) is 24.2. The number of hydrogen-bond acceptors (Lipinski definition) is 8. The van der Waals surface area contributed by atoms with Crippen LogP contribution in [0.5, 0.6) is 5.88 Å². The van der Waals surface area contributed by atoms with Crippen LogP contribution < -0.4 is 4.74 Å². The summed E-state index contributed by atoms with van der Waals surface area (Å²) >= 11 is 6.43. The Morgan fingerprint density at radius 3 is 2.35 bits per heavy atom. The van der Waals surface area contributed by atoms with Gasteiger partial charge < -0.3 is 29.9 Å². The first-order valence-electron chi connectivity index (χ1n) is 11.1. The van der Waals surface area contributed by atoms with Crippen LogP contribution in [-0.4, -0.2) is 68.3 Å². The largest absolute Gasteiger partial charge is 0.477 e. The molecule has 8 nitrogen and oxygen atoms in total. The highest BCUT2D eigenvalue weighted by molar-refractivity contribution is 6.31. The summed E-state index contributed by atoms with van der Waals surface area (Å²) in [5.74, 6) is 0.483. The monoisotopic (exact) mass is 486 g/mol. The number of benzene rings is 2. The topological polar surface area (TPSA) is 125 Å². The molecule has 1 aromatic heterocycles. The Kier molecular flexibility index (Phi) is 7.77. The van der Waals surface area contributed by atoms with Gasteiger partial charge in [0.05, 0.1) is 18.9 Å². The summed E-state index contributed by atoms with van der Waals surface area (Å²) in [6.45, 7) is 1.94. The third kappa shape index (κ3) is 5.22. The fourth-order valence-electron chi connectivity index (χ4n) is 4.00. The molecule has 0 bridgehead atoms. The molecule has 1 saturated heterocycles. The zero-order valence-electron chi connectivity index (χ0n) is 18.6. The number of ether oxygens (including phenoxy) is 2. The molecule has 2 heterocycles. The van der Waals surface area contributed by atoms with Crippen molar-refractivity contribution in [3.05, 3.63) is 76.3 Å². The number of aliphatic hydroxyl groups is 4. The minimum Gasteiger partial charge on any atom is -0.477 e. The molecule has 0 spiro atoms. The molecule has 1 aliphatic heterocycles. The van der Waals surface area contributed by atoms with E-state index >= 15 is 0 Å². The van der Waals surface area contributed by atoms with E-state index in [2.05, 4.69) is 10.2 Å². The summed E-state index contributed by atoms with van der Waals surface area (Å²) in [4.78, 5) is 0. The van der Waals surface area contributed by atoms with Crippen LogP contribution in [0.25, 0.3) is 11.3 Å². The maximum Gasteiger partial charge on any atom is 0.233 e. The second kappa shape index (κ2) is 10.8. The number of nitrogens with zero attached hydrogens (tertiary/aromatic N) is 2. The molecule has 34 heavy (non-hydrogen) atoms. The molecule has 4 N–H and O–H groups in total. The summed E-state index contributed by atoms with van der Waals surface area (Å²) in [5, 5.41) is 48.8. The van der Waals surface area contributed by atoms with E-state index in [1.807, 2.05) is 37.3 Å². The first-order chi connectivity index (χ1) is 16.4. The van der Waals surface area contributed by atoms with Crippen molar-refractivity contribution in [1.82, 2.24) is 10.2 Å². The lowest BCUT2D eigenvalue weighted by molar-refractivity contribution is -0.231. The Hall–Kier alpha value is -2.59. The molecule has 0 amide bonds. The van der Waals surface area contributed by atoms with Gasteiger partial charge in [0.1, 0.15) is 30.5 Å². The number of rotatable bonds is 7. The molecule has 0 saturated carbocycles. The van der Waals surface area contributed by atoms with Crippen LogP contribution >= 0.6 is 11.6 Å². The number of hydrogen-bond donors (Lipinski definition) is 4. The third-order valence-corrected chi connectivity index (χ3v) is 6.24. The van der Waals surface area contributed by atoms with E-state index in [1.165, 1.54) is 0 Å². The molecule has 5 atom stereocenters. The Morgan fingerprint density at radius 2 is 1.71 bits per heavy atom. The van der Waals surface area contributed by atoms with E-state index in [1.54, 1.807) is 24.3 Å². The highest BCUT2D eigenvalue weighted by Crippen LogP contribution is 2.34. The van der Waals surface area contributed by atoms with Crippen molar-refractivity contribution in [3.8, 4) is 17.1 Å². The maximum atomic E-state index is 10.4. The van der Waals surface area contributed by atoms with E-state index in [0.717, 1.165) is 22.4 Å². The predicted molar refractivity (Wildman–Crippen MR) is 126 cm³/mol. The molecule has 0 unspecified atom stereocenters. The van der Waals surface area contributed by atoms with Crippen molar-refractivity contribution in [2.24, 2.45) is 0 Å². The van der Waals surface area contributed by atoms with Crippen LogP contribution in [0.1, 0.15) is 29.7 Å². The summed E-state index contributed by atoms with van der Waals surface area (Å²) in [6.07, 6.45) is -5.54. The lowest BCUT2D eigenvalue weighted by Gasteiger charge is -2.40. The average Bonchev–Trinajstić information content (AvgIpc) is 2.85. The van der Waals surface area contributed by atoms with Gasteiger partial charge in [0, 0.05) is 16.7 Å². The zero-order valence-corrected chi connectivity index (χ0v) is 19.3. The molecule has 1 aliphatic rings. The lowest BCUT2D eigenvalue weighted by atomic mass is 9.90. The summed E-state index contributed by atoms with van der Waals surface area (Å²) in [7, 11) is 0. The summed E-state index contributed by atoms with van der Waals surface area (Å²) in [6, 6.07) is 16.7. The number of aliphatic hydroxyl groups excluding tert-OH is 4. The molecular formula is C25H27ClN2O6. The summed E-state index contributed by atoms with van der Waals surface area (Å²) < 4.78 is 11.0. The van der Waals surface area contributed by atoms with Gasteiger partial charge in [-0.3, -0.25) is 0 Å². The van der Waals surface area contributed by atoms with Gasteiger partial charge in [-0.05, 0) is 42.2 Å². The molecule has 0 radical (unpaired) electrons. The van der Waals surface area contributed by atoms with Crippen LogP contribution in [0.15, 0.2) is 54.6 Å². The van der Waals surface area contributed by atoms with Crippen LogP contribution in [0.3, 0.4) is 0 Å². The van der Waals surface area contributed by atoms with E-state index in [-0.39, 0.29) is 0 Å². The minimum absolute atomic E-state index is 0.479. The van der Waals surface area contributed by atoms with Crippen LogP contribution in [0, 0.1) is 0 Å². The Labute approximate surface area is 202 Å².